The molecule has 0 saturated carbocycles. The maximum absolute atomic E-state index is 12.4. The van der Waals surface area contributed by atoms with Gasteiger partial charge in [0.25, 0.3) is 5.56 Å². The van der Waals surface area contributed by atoms with Crippen molar-refractivity contribution in [2.75, 3.05) is 19.6 Å². The van der Waals surface area contributed by atoms with Crippen LogP contribution in [0.4, 0.5) is 0 Å². The van der Waals surface area contributed by atoms with Crippen molar-refractivity contribution in [3.05, 3.63) is 69.3 Å². The Morgan fingerprint density at radius 2 is 2.04 bits per heavy atom. The van der Waals surface area contributed by atoms with E-state index in [0.29, 0.717) is 17.4 Å². The first-order chi connectivity index (χ1) is 12.5. The molecule has 26 heavy (non-hydrogen) atoms. The average Bonchev–Trinajstić information content (AvgIpc) is 3.27. The quantitative estimate of drug-likeness (QED) is 0.786. The zero-order valence-electron chi connectivity index (χ0n) is 15.7. The van der Waals surface area contributed by atoms with Crippen molar-refractivity contribution in [1.29, 1.82) is 0 Å². The number of nitrogens with one attached hydrogen (secondary N) is 1. The summed E-state index contributed by atoms with van der Waals surface area (Å²) in [4.78, 5) is 19.5. The van der Waals surface area contributed by atoms with Crippen LogP contribution in [-0.4, -0.2) is 39.1 Å². The molecule has 0 aliphatic carbocycles. The molecule has 4 rings (SSSR count). The van der Waals surface area contributed by atoms with Gasteiger partial charge in [0, 0.05) is 42.0 Å². The zero-order valence-corrected chi connectivity index (χ0v) is 15.7. The number of rotatable bonds is 4. The normalized spacial score (nSPS) is 19.3. The van der Waals surface area contributed by atoms with E-state index >= 15 is 0 Å². The second-order valence-corrected chi connectivity index (χ2v) is 7.59. The monoisotopic (exact) mass is 350 g/mol. The van der Waals surface area contributed by atoms with E-state index in [-0.39, 0.29) is 5.56 Å². The lowest BCUT2D eigenvalue weighted by Gasteiger charge is -2.21. The molecule has 0 bridgehead atoms. The number of nitrogens with zero attached hydrogens (tertiary/aromatic N) is 3. The molecule has 5 heteroatoms. The highest BCUT2D eigenvalue weighted by Crippen LogP contribution is 2.28. The second-order valence-electron chi connectivity index (χ2n) is 7.59. The van der Waals surface area contributed by atoms with E-state index in [4.69, 9.17) is 0 Å². The van der Waals surface area contributed by atoms with Crippen LogP contribution in [0.1, 0.15) is 47.7 Å². The number of hydrogen-bond acceptors (Lipinski definition) is 3. The number of hydrogen-bond donors (Lipinski definition) is 1. The number of aryl methyl sites for hydroxylation is 1. The van der Waals surface area contributed by atoms with Crippen molar-refractivity contribution in [2.45, 2.75) is 39.0 Å². The van der Waals surface area contributed by atoms with Gasteiger partial charge in [0.1, 0.15) is 0 Å². The molecular weight excluding hydrogens is 324 g/mol. The number of fused-ring (bicyclic) bond motifs is 1. The Morgan fingerprint density at radius 1 is 1.27 bits per heavy atom. The number of likely N-dealkylation sites (tertiary alicyclic amines) is 1. The predicted molar refractivity (Wildman–Crippen MR) is 104 cm³/mol. The smallest absolute Gasteiger partial charge is 0.275 e. The van der Waals surface area contributed by atoms with Crippen molar-refractivity contribution in [2.24, 2.45) is 0 Å². The van der Waals surface area contributed by atoms with Crippen molar-refractivity contribution in [1.82, 2.24) is 19.5 Å². The highest BCUT2D eigenvalue weighted by Gasteiger charge is 2.27. The van der Waals surface area contributed by atoms with Gasteiger partial charge in [0.2, 0.25) is 0 Å². The van der Waals surface area contributed by atoms with Crippen LogP contribution in [0.15, 0.2) is 41.2 Å². The van der Waals surface area contributed by atoms with Gasteiger partial charge in [-0.15, -0.1) is 0 Å². The summed E-state index contributed by atoms with van der Waals surface area (Å²) in [5, 5.41) is 3.29. The Labute approximate surface area is 153 Å². The lowest BCUT2D eigenvalue weighted by molar-refractivity contribution is 0.316. The molecule has 1 fully saturated rings. The first kappa shape index (κ1) is 17.0. The Hall–Kier alpha value is -2.40. The van der Waals surface area contributed by atoms with Crippen molar-refractivity contribution < 1.29 is 0 Å². The van der Waals surface area contributed by atoms with Gasteiger partial charge in [-0.3, -0.25) is 9.89 Å². The third-order valence-electron chi connectivity index (χ3n) is 5.72. The van der Waals surface area contributed by atoms with Gasteiger partial charge in [0.15, 0.2) is 5.65 Å². The molecule has 2 atom stereocenters. The Kier molecular flexibility index (Phi) is 4.41. The van der Waals surface area contributed by atoms with Gasteiger partial charge in [-0.25, -0.2) is 9.50 Å². The lowest BCUT2D eigenvalue weighted by Crippen LogP contribution is -2.25. The third kappa shape index (κ3) is 3.07. The molecule has 0 spiro atoms. The molecule has 0 amide bonds. The summed E-state index contributed by atoms with van der Waals surface area (Å²) in [7, 11) is 0. The van der Waals surface area contributed by atoms with E-state index in [1.54, 1.807) is 4.52 Å². The predicted octanol–water partition coefficient (Wildman–Crippen LogP) is 3.23. The summed E-state index contributed by atoms with van der Waals surface area (Å²) >= 11 is 0. The van der Waals surface area contributed by atoms with Crippen LogP contribution >= 0.6 is 0 Å². The van der Waals surface area contributed by atoms with Crippen LogP contribution < -0.4 is 5.56 Å². The summed E-state index contributed by atoms with van der Waals surface area (Å²) in [5.74, 6) is 0.951. The molecule has 2 aromatic heterocycles. The van der Waals surface area contributed by atoms with E-state index in [1.807, 2.05) is 19.9 Å². The van der Waals surface area contributed by atoms with E-state index in [2.05, 4.69) is 52.2 Å². The molecule has 0 radical (unpaired) electrons. The Balaban J connectivity index is 1.49. The molecule has 1 N–H and O–H groups in total. The van der Waals surface area contributed by atoms with Gasteiger partial charge in [0.05, 0.1) is 0 Å². The van der Waals surface area contributed by atoms with Gasteiger partial charge in [-0.05, 0) is 38.3 Å². The van der Waals surface area contributed by atoms with Gasteiger partial charge in [-0.2, -0.15) is 0 Å². The first-order valence-electron chi connectivity index (χ1n) is 9.39. The average molecular weight is 350 g/mol. The summed E-state index contributed by atoms with van der Waals surface area (Å²) in [6, 6.07) is 12.7. The fraction of sp³-hybridized carbons (Fsp3) is 0.429. The first-order valence-corrected chi connectivity index (χ1v) is 9.39. The Bertz CT molecular complexity index is 973. The summed E-state index contributed by atoms with van der Waals surface area (Å²) in [6.45, 7) is 9.21. The number of aromatic nitrogens is 3. The highest BCUT2D eigenvalue weighted by molar-refractivity contribution is 5.42. The molecule has 1 aliphatic heterocycles. The minimum absolute atomic E-state index is 0.00584. The van der Waals surface area contributed by atoms with Crippen LogP contribution in [0.25, 0.3) is 5.65 Å². The summed E-state index contributed by atoms with van der Waals surface area (Å²) in [6.07, 6.45) is 1.11. The van der Waals surface area contributed by atoms with Gasteiger partial charge in [-0.1, -0.05) is 37.3 Å². The van der Waals surface area contributed by atoms with Crippen LogP contribution in [0, 0.1) is 13.8 Å². The second kappa shape index (κ2) is 6.72. The molecule has 3 aromatic rings. The minimum Gasteiger partial charge on any atom is -0.302 e. The van der Waals surface area contributed by atoms with Crippen molar-refractivity contribution in [3.63, 3.8) is 0 Å². The molecule has 1 saturated heterocycles. The molecule has 5 nitrogen and oxygen atoms in total. The zero-order chi connectivity index (χ0) is 18.3. The lowest BCUT2D eigenvalue weighted by atomic mass is 10.0. The highest BCUT2D eigenvalue weighted by atomic mass is 16.1. The fourth-order valence-corrected chi connectivity index (χ4v) is 3.97. The van der Waals surface area contributed by atoms with Crippen LogP contribution in [0.2, 0.25) is 0 Å². The van der Waals surface area contributed by atoms with Crippen molar-refractivity contribution in [3.8, 4) is 0 Å². The maximum Gasteiger partial charge on any atom is 0.275 e. The third-order valence-corrected chi connectivity index (χ3v) is 5.72. The molecule has 136 valence electrons. The number of benzene rings is 1. The minimum atomic E-state index is 0.00584. The molecular formula is C21H26N4O. The van der Waals surface area contributed by atoms with Crippen LogP contribution in [0.5, 0.6) is 0 Å². The van der Waals surface area contributed by atoms with Gasteiger partial charge >= 0.3 is 0 Å². The standard InChI is InChI=1S/C21H26N4O/c1-14(17-7-5-4-6-8-17)12-24-10-9-18(13-24)19-11-20-22-16(3)15(2)21(26)25(20)23-19/h4-8,11,14,18,23H,9-10,12-13H2,1-3H3/t14-,18+/m1/s1. The fourth-order valence-electron chi connectivity index (χ4n) is 3.97. The topological polar surface area (TPSA) is 53.4 Å². The molecule has 3 heterocycles. The maximum atomic E-state index is 12.4. The Morgan fingerprint density at radius 3 is 2.81 bits per heavy atom. The van der Waals surface area contributed by atoms with Crippen LogP contribution in [0.3, 0.4) is 0 Å². The number of aromatic amines is 1. The van der Waals surface area contributed by atoms with E-state index in [0.717, 1.165) is 43.1 Å². The molecule has 1 aromatic carbocycles. The van der Waals surface area contributed by atoms with E-state index in [1.165, 1.54) is 5.56 Å². The van der Waals surface area contributed by atoms with Gasteiger partial charge < -0.3 is 4.90 Å². The summed E-state index contributed by atoms with van der Waals surface area (Å²) < 4.78 is 1.59. The number of H-pyrrole nitrogens is 1. The largest absolute Gasteiger partial charge is 0.302 e. The van der Waals surface area contributed by atoms with E-state index < -0.39 is 0 Å². The molecule has 1 aliphatic rings. The SMILES string of the molecule is Cc1nc2cc([C@H]3CCN(C[C@@H](C)c4ccccc4)C3)[nH]n2c(=O)c1C. The van der Waals surface area contributed by atoms with Crippen molar-refractivity contribution >= 4 is 5.65 Å². The van der Waals surface area contributed by atoms with E-state index in [9.17, 15) is 4.79 Å². The molecule has 0 unspecified atom stereocenters. The summed E-state index contributed by atoms with van der Waals surface area (Å²) in [5.41, 5.74) is 4.76. The van der Waals surface area contributed by atoms with Crippen LogP contribution in [-0.2, 0) is 0 Å².